The number of amides is 4. The van der Waals surface area contributed by atoms with Crippen molar-refractivity contribution in [1.82, 2.24) is 10.6 Å². The fraction of sp³-hybridized carbons (Fsp3) is 0.526. The SMILES string of the molecule is CC(C)[C@H](C)C(=O)N[C@@H](CCCNC(N)=O)C(=O)Nc1ccc(CO)cc1. The molecule has 1 aromatic rings. The topological polar surface area (TPSA) is 134 Å². The van der Waals surface area contributed by atoms with Gasteiger partial charge in [-0.1, -0.05) is 32.9 Å². The summed E-state index contributed by atoms with van der Waals surface area (Å²) in [6, 6.07) is 5.44. The lowest BCUT2D eigenvalue weighted by molar-refractivity contribution is -0.130. The number of hydrogen-bond acceptors (Lipinski definition) is 4. The molecule has 0 aliphatic heterocycles. The highest BCUT2D eigenvalue weighted by atomic mass is 16.3. The van der Waals surface area contributed by atoms with Crippen LogP contribution >= 0.6 is 0 Å². The van der Waals surface area contributed by atoms with E-state index < -0.39 is 12.1 Å². The number of carbonyl (C=O) groups is 3. The van der Waals surface area contributed by atoms with Gasteiger partial charge >= 0.3 is 6.03 Å². The first-order valence-corrected chi connectivity index (χ1v) is 9.09. The largest absolute Gasteiger partial charge is 0.392 e. The van der Waals surface area contributed by atoms with Crippen molar-refractivity contribution in [3.63, 3.8) is 0 Å². The number of nitrogens with two attached hydrogens (primary N) is 1. The number of primary amides is 1. The second-order valence-electron chi connectivity index (χ2n) is 6.87. The van der Waals surface area contributed by atoms with Crippen molar-refractivity contribution in [3.05, 3.63) is 29.8 Å². The van der Waals surface area contributed by atoms with Crippen LogP contribution in [-0.2, 0) is 16.2 Å². The molecule has 0 radical (unpaired) electrons. The van der Waals surface area contributed by atoms with Crippen LogP contribution in [0.3, 0.4) is 0 Å². The zero-order chi connectivity index (χ0) is 20.4. The number of aliphatic hydroxyl groups is 1. The van der Waals surface area contributed by atoms with E-state index in [1.54, 1.807) is 24.3 Å². The average molecular weight is 378 g/mol. The summed E-state index contributed by atoms with van der Waals surface area (Å²) < 4.78 is 0. The summed E-state index contributed by atoms with van der Waals surface area (Å²) in [6.07, 6.45) is 0.845. The molecular weight excluding hydrogens is 348 g/mol. The summed E-state index contributed by atoms with van der Waals surface area (Å²) in [6.45, 7) is 5.95. The normalized spacial score (nSPS) is 12.9. The minimum Gasteiger partial charge on any atom is -0.392 e. The standard InChI is InChI=1S/C19H30N4O4/c1-12(2)13(3)17(25)23-16(5-4-10-21-19(20)27)18(26)22-15-8-6-14(11-24)7-9-15/h6-9,12-13,16,24H,4-5,10-11H2,1-3H3,(H,22,26)(H,23,25)(H3,20,21,27)/t13-,16-/m0/s1. The van der Waals surface area contributed by atoms with Crippen LogP contribution in [0.2, 0.25) is 0 Å². The fourth-order valence-electron chi connectivity index (χ4n) is 2.32. The molecule has 6 N–H and O–H groups in total. The van der Waals surface area contributed by atoms with E-state index in [0.717, 1.165) is 5.56 Å². The predicted molar refractivity (Wildman–Crippen MR) is 104 cm³/mol. The summed E-state index contributed by atoms with van der Waals surface area (Å²) >= 11 is 0. The molecule has 150 valence electrons. The lowest BCUT2D eigenvalue weighted by atomic mass is 9.96. The molecule has 8 heteroatoms. The highest BCUT2D eigenvalue weighted by Gasteiger charge is 2.24. The number of nitrogens with one attached hydrogen (secondary N) is 3. The van der Waals surface area contributed by atoms with Gasteiger partial charge in [0.05, 0.1) is 6.61 Å². The van der Waals surface area contributed by atoms with Crippen molar-refractivity contribution in [2.45, 2.75) is 46.3 Å². The van der Waals surface area contributed by atoms with Crippen molar-refractivity contribution in [2.24, 2.45) is 17.6 Å². The van der Waals surface area contributed by atoms with E-state index in [1.165, 1.54) is 0 Å². The molecule has 0 saturated carbocycles. The molecule has 0 unspecified atom stereocenters. The molecule has 0 fully saturated rings. The first-order chi connectivity index (χ1) is 12.7. The molecule has 27 heavy (non-hydrogen) atoms. The molecule has 4 amide bonds. The van der Waals surface area contributed by atoms with E-state index in [0.29, 0.717) is 25.1 Å². The molecule has 0 aromatic heterocycles. The minimum absolute atomic E-state index is 0.0765. The van der Waals surface area contributed by atoms with Crippen LogP contribution in [0.5, 0.6) is 0 Å². The van der Waals surface area contributed by atoms with Gasteiger partial charge < -0.3 is 26.8 Å². The smallest absolute Gasteiger partial charge is 0.312 e. The third kappa shape index (κ3) is 8.08. The van der Waals surface area contributed by atoms with Gasteiger partial charge in [-0.2, -0.15) is 0 Å². The van der Waals surface area contributed by atoms with Gasteiger partial charge in [-0.15, -0.1) is 0 Å². The van der Waals surface area contributed by atoms with Gasteiger partial charge in [0.15, 0.2) is 0 Å². The summed E-state index contributed by atoms with van der Waals surface area (Å²) in [5.74, 6) is -0.608. The van der Waals surface area contributed by atoms with Crippen LogP contribution in [0.1, 0.15) is 39.2 Å². The number of benzene rings is 1. The first kappa shape index (κ1) is 22.4. The summed E-state index contributed by atoms with van der Waals surface area (Å²) in [4.78, 5) is 35.8. The Morgan fingerprint density at radius 2 is 1.70 bits per heavy atom. The van der Waals surface area contributed by atoms with Crippen molar-refractivity contribution in [1.29, 1.82) is 0 Å². The number of aliphatic hydroxyl groups excluding tert-OH is 1. The lowest BCUT2D eigenvalue weighted by Crippen LogP contribution is -2.46. The Kier molecular flexibility index (Phi) is 9.29. The lowest BCUT2D eigenvalue weighted by Gasteiger charge is -2.22. The van der Waals surface area contributed by atoms with Crippen molar-refractivity contribution >= 4 is 23.5 Å². The average Bonchev–Trinajstić information content (AvgIpc) is 2.63. The molecule has 0 heterocycles. The monoisotopic (exact) mass is 378 g/mol. The van der Waals surface area contributed by atoms with E-state index in [-0.39, 0.29) is 30.3 Å². The van der Waals surface area contributed by atoms with Crippen molar-refractivity contribution in [2.75, 3.05) is 11.9 Å². The molecule has 0 spiro atoms. The molecule has 0 aliphatic carbocycles. The van der Waals surface area contributed by atoms with Gasteiger partial charge in [0, 0.05) is 18.2 Å². The summed E-state index contributed by atoms with van der Waals surface area (Å²) in [5, 5.41) is 17.1. The third-order valence-corrected chi connectivity index (χ3v) is 4.42. The van der Waals surface area contributed by atoms with E-state index in [2.05, 4.69) is 16.0 Å². The Balaban J connectivity index is 2.75. The number of hydrogen-bond donors (Lipinski definition) is 5. The van der Waals surface area contributed by atoms with Crippen LogP contribution < -0.4 is 21.7 Å². The van der Waals surface area contributed by atoms with Crippen LogP contribution in [-0.4, -0.2) is 35.5 Å². The molecule has 0 saturated heterocycles. The maximum atomic E-state index is 12.6. The van der Waals surface area contributed by atoms with Gasteiger partial charge in [0.25, 0.3) is 0 Å². The number of carbonyl (C=O) groups excluding carboxylic acids is 3. The van der Waals surface area contributed by atoms with Gasteiger partial charge in [-0.3, -0.25) is 9.59 Å². The highest BCUT2D eigenvalue weighted by molar-refractivity contribution is 5.97. The Morgan fingerprint density at radius 3 is 2.22 bits per heavy atom. The second kappa shape index (κ2) is 11.2. The van der Waals surface area contributed by atoms with E-state index >= 15 is 0 Å². The predicted octanol–water partition coefficient (Wildman–Crippen LogP) is 1.34. The maximum Gasteiger partial charge on any atom is 0.312 e. The quantitative estimate of drug-likeness (QED) is 0.393. The zero-order valence-electron chi connectivity index (χ0n) is 16.1. The molecule has 0 aliphatic rings. The van der Waals surface area contributed by atoms with Gasteiger partial charge in [0.1, 0.15) is 6.04 Å². The Bertz CT molecular complexity index is 631. The molecule has 2 atom stereocenters. The van der Waals surface area contributed by atoms with Crippen LogP contribution in [0, 0.1) is 11.8 Å². The fourth-order valence-corrected chi connectivity index (χ4v) is 2.32. The first-order valence-electron chi connectivity index (χ1n) is 9.09. The molecule has 0 bridgehead atoms. The number of urea groups is 1. The Morgan fingerprint density at radius 1 is 1.07 bits per heavy atom. The Hall–Kier alpha value is -2.61. The molecule has 1 aromatic carbocycles. The maximum absolute atomic E-state index is 12.6. The molecular formula is C19H30N4O4. The van der Waals surface area contributed by atoms with Crippen LogP contribution in [0.15, 0.2) is 24.3 Å². The number of rotatable bonds is 10. The van der Waals surface area contributed by atoms with Crippen LogP contribution in [0.4, 0.5) is 10.5 Å². The van der Waals surface area contributed by atoms with Crippen LogP contribution in [0.25, 0.3) is 0 Å². The van der Waals surface area contributed by atoms with Gasteiger partial charge in [0.2, 0.25) is 11.8 Å². The minimum atomic E-state index is -0.731. The van der Waals surface area contributed by atoms with Crippen molar-refractivity contribution in [3.8, 4) is 0 Å². The highest BCUT2D eigenvalue weighted by Crippen LogP contribution is 2.13. The summed E-state index contributed by atoms with van der Waals surface area (Å²) in [5.41, 5.74) is 6.34. The van der Waals surface area contributed by atoms with Crippen molar-refractivity contribution < 1.29 is 19.5 Å². The van der Waals surface area contributed by atoms with E-state index in [9.17, 15) is 14.4 Å². The summed E-state index contributed by atoms with van der Waals surface area (Å²) in [7, 11) is 0. The Labute approximate surface area is 159 Å². The van der Waals surface area contributed by atoms with E-state index in [4.69, 9.17) is 10.8 Å². The van der Waals surface area contributed by atoms with Gasteiger partial charge in [-0.05, 0) is 36.5 Å². The number of anilines is 1. The molecule has 1 rings (SSSR count). The third-order valence-electron chi connectivity index (χ3n) is 4.42. The molecule has 8 nitrogen and oxygen atoms in total. The van der Waals surface area contributed by atoms with E-state index in [1.807, 2.05) is 20.8 Å². The zero-order valence-corrected chi connectivity index (χ0v) is 16.1. The second-order valence-corrected chi connectivity index (χ2v) is 6.87. The van der Waals surface area contributed by atoms with Gasteiger partial charge in [-0.25, -0.2) is 4.79 Å².